The highest BCUT2D eigenvalue weighted by Gasteiger charge is 2.25. The molecule has 2 aromatic rings. The van der Waals surface area contributed by atoms with Gasteiger partial charge in [-0.3, -0.25) is 0 Å². The van der Waals surface area contributed by atoms with E-state index >= 15 is 0 Å². The molecule has 0 atom stereocenters. The van der Waals surface area contributed by atoms with Crippen molar-refractivity contribution in [2.75, 3.05) is 0 Å². The van der Waals surface area contributed by atoms with Gasteiger partial charge in [0.1, 0.15) is 10.1 Å². The van der Waals surface area contributed by atoms with Gasteiger partial charge in [-0.1, -0.05) is 0 Å². The first-order chi connectivity index (χ1) is 6.89. The van der Waals surface area contributed by atoms with Crippen molar-refractivity contribution in [3.63, 3.8) is 0 Å². The maximum absolute atomic E-state index is 13.1. The van der Waals surface area contributed by atoms with Crippen LogP contribution in [0.3, 0.4) is 0 Å². The zero-order valence-electron chi connectivity index (χ0n) is 7.09. The minimum atomic E-state index is -3.18. The van der Waals surface area contributed by atoms with Crippen molar-refractivity contribution in [2.24, 2.45) is 0 Å². The van der Waals surface area contributed by atoms with Crippen molar-refractivity contribution < 1.29 is 19.7 Å². The van der Waals surface area contributed by atoms with Crippen LogP contribution in [-0.2, 0) is 6.10 Å². The monoisotopic (exact) mass is 277 g/mol. The molecule has 0 aromatic carbocycles. The van der Waals surface area contributed by atoms with E-state index in [1.807, 2.05) is 0 Å². The van der Waals surface area contributed by atoms with Crippen molar-refractivity contribution >= 4 is 27.0 Å². The van der Waals surface area contributed by atoms with E-state index in [9.17, 15) is 4.39 Å². The highest BCUT2D eigenvalue weighted by atomic mass is 79.9. The molecule has 2 aromatic heterocycles. The molecular weight excluding hydrogens is 273 g/mol. The number of pyridine rings is 1. The summed E-state index contributed by atoms with van der Waals surface area (Å²) in [5.74, 6) is -0.700. The largest absolute Gasteiger partial charge is 0.389 e. The Kier molecular flexibility index (Phi) is 2.23. The third-order valence-electron chi connectivity index (χ3n) is 1.75. The van der Waals surface area contributed by atoms with Gasteiger partial charge in [0.2, 0.25) is 0 Å². The lowest BCUT2D eigenvalue weighted by Crippen LogP contribution is -2.33. The molecule has 0 fully saturated rings. The lowest BCUT2D eigenvalue weighted by atomic mass is 10.4. The summed E-state index contributed by atoms with van der Waals surface area (Å²) in [5.41, 5.74) is 0.174. The quantitative estimate of drug-likeness (QED) is 0.499. The average Bonchev–Trinajstić information content (AvgIpc) is 2.47. The predicted octanol–water partition coefficient (Wildman–Crippen LogP) is -0.122. The summed E-state index contributed by atoms with van der Waals surface area (Å²) < 4.78 is 13.5. The van der Waals surface area contributed by atoms with Gasteiger partial charge in [-0.25, -0.2) is 9.37 Å². The third-order valence-corrected chi connectivity index (χ3v) is 2.31. The number of hydrogen-bond acceptors (Lipinski definition) is 5. The molecule has 80 valence electrons. The normalized spacial score (nSPS) is 12.3. The smallest absolute Gasteiger partial charge is 0.324 e. The minimum absolute atomic E-state index is 0.0195. The van der Waals surface area contributed by atoms with Crippen LogP contribution in [0.4, 0.5) is 4.39 Å². The summed E-state index contributed by atoms with van der Waals surface area (Å²) in [5, 5.41) is 30.1. The van der Waals surface area contributed by atoms with Gasteiger partial charge in [-0.15, -0.1) is 0 Å². The Morgan fingerprint density at radius 2 is 2.07 bits per heavy atom. The molecular formula is C7H5BrFN3O3. The topological polar surface area (TPSA) is 91.4 Å². The SMILES string of the molecule is OC(O)(O)n1ncc2nc(Br)c(F)cc21. The predicted molar refractivity (Wildman–Crippen MR) is 49.8 cm³/mol. The second-order valence-corrected chi connectivity index (χ2v) is 3.57. The van der Waals surface area contributed by atoms with E-state index < -0.39 is 11.9 Å². The first kappa shape index (κ1) is 10.4. The Morgan fingerprint density at radius 3 is 2.67 bits per heavy atom. The molecule has 0 unspecified atom stereocenters. The lowest BCUT2D eigenvalue weighted by Gasteiger charge is -2.14. The van der Waals surface area contributed by atoms with E-state index in [0.29, 0.717) is 4.68 Å². The van der Waals surface area contributed by atoms with E-state index in [1.54, 1.807) is 0 Å². The van der Waals surface area contributed by atoms with Crippen molar-refractivity contribution in [2.45, 2.75) is 6.10 Å². The number of nitrogens with zero attached hydrogens (tertiary/aromatic N) is 3. The molecule has 15 heavy (non-hydrogen) atoms. The number of fused-ring (bicyclic) bond motifs is 1. The van der Waals surface area contributed by atoms with Crippen molar-refractivity contribution in [1.82, 2.24) is 14.8 Å². The fraction of sp³-hybridized carbons (Fsp3) is 0.143. The number of aromatic nitrogens is 3. The molecule has 0 aliphatic rings. The molecule has 2 heterocycles. The molecule has 0 radical (unpaired) electrons. The zero-order chi connectivity index (χ0) is 11.2. The number of rotatable bonds is 1. The lowest BCUT2D eigenvalue weighted by molar-refractivity contribution is -0.378. The molecule has 0 spiro atoms. The summed E-state index contributed by atoms with van der Waals surface area (Å²) in [6, 6.07) is 0.969. The summed E-state index contributed by atoms with van der Waals surface area (Å²) in [4.78, 5) is 3.73. The maximum Gasteiger partial charge on any atom is 0.389 e. The minimum Gasteiger partial charge on any atom is -0.324 e. The van der Waals surface area contributed by atoms with Gasteiger partial charge in [0.25, 0.3) is 0 Å². The second-order valence-electron chi connectivity index (χ2n) is 2.82. The summed E-state index contributed by atoms with van der Waals surface area (Å²) in [7, 11) is 0. The Balaban J connectivity index is 2.75. The van der Waals surface area contributed by atoms with E-state index in [4.69, 9.17) is 15.3 Å². The Labute approximate surface area is 90.7 Å². The molecule has 0 bridgehead atoms. The zero-order valence-corrected chi connectivity index (χ0v) is 8.68. The van der Waals surface area contributed by atoms with Gasteiger partial charge < -0.3 is 15.3 Å². The Morgan fingerprint density at radius 1 is 1.40 bits per heavy atom. The van der Waals surface area contributed by atoms with Crippen molar-refractivity contribution in [3.8, 4) is 0 Å². The molecule has 0 aliphatic heterocycles. The van der Waals surface area contributed by atoms with Crippen molar-refractivity contribution in [3.05, 3.63) is 22.7 Å². The summed E-state index contributed by atoms with van der Waals surface area (Å²) in [6.07, 6.45) is -2.01. The first-order valence-electron chi connectivity index (χ1n) is 3.77. The first-order valence-corrected chi connectivity index (χ1v) is 4.56. The van der Waals surface area contributed by atoms with Gasteiger partial charge in [0, 0.05) is 6.07 Å². The number of halogens is 2. The van der Waals surface area contributed by atoms with Gasteiger partial charge >= 0.3 is 6.10 Å². The summed E-state index contributed by atoms with van der Waals surface area (Å²) >= 11 is 2.87. The van der Waals surface area contributed by atoms with Gasteiger partial charge in [-0.2, -0.15) is 9.78 Å². The van der Waals surface area contributed by atoms with Crippen molar-refractivity contribution in [1.29, 1.82) is 0 Å². The maximum atomic E-state index is 13.1. The number of aliphatic hydroxyl groups is 3. The molecule has 0 saturated carbocycles. The fourth-order valence-electron chi connectivity index (χ4n) is 1.15. The van der Waals surface area contributed by atoms with Crippen LogP contribution in [0.1, 0.15) is 0 Å². The standard InChI is InChI=1S/C7H5BrFN3O3/c8-6-3(9)1-5-4(11-6)2-10-12(5)7(13,14)15/h1-2,13-15H. The van der Waals surface area contributed by atoms with Crippen LogP contribution >= 0.6 is 15.9 Å². The fourth-order valence-corrected chi connectivity index (χ4v) is 1.45. The molecule has 0 aliphatic carbocycles. The van der Waals surface area contributed by atoms with E-state index in [-0.39, 0.29) is 15.6 Å². The molecule has 0 saturated heterocycles. The highest BCUT2D eigenvalue weighted by molar-refractivity contribution is 9.10. The Hall–Kier alpha value is -1.09. The highest BCUT2D eigenvalue weighted by Crippen LogP contribution is 2.21. The van der Waals surface area contributed by atoms with Gasteiger partial charge in [0.15, 0.2) is 5.82 Å². The van der Waals surface area contributed by atoms with Gasteiger partial charge in [-0.05, 0) is 15.9 Å². The van der Waals surface area contributed by atoms with E-state index in [2.05, 4.69) is 26.0 Å². The van der Waals surface area contributed by atoms with E-state index in [0.717, 1.165) is 12.3 Å². The van der Waals surface area contributed by atoms with Crippen LogP contribution < -0.4 is 0 Å². The molecule has 0 amide bonds. The van der Waals surface area contributed by atoms with Crippen LogP contribution in [0.5, 0.6) is 0 Å². The summed E-state index contributed by atoms with van der Waals surface area (Å²) in [6.45, 7) is 0. The van der Waals surface area contributed by atoms with Gasteiger partial charge in [0.05, 0.1) is 11.7 Å². The van der Waals surface area contributed by atoms with Crippen LogP contribution in [0, 0.1) is 5.82 Å². The molecule has 6 nitrogen and oxygen atoms in total. The number of hydrogen-bond donors (Lipinski definition) is 3. The van der Waals surface area contributed by atoms with Crippen LogP contribution in [-0.4, -0.2) is 30.1 Å². The average molecular weight is 278 g/mol. The second kappa shape index (κ2) is 3.20. The van der Waals surface area contributed by atoms with Crippen LogP contribution in [0.15, 0.2) is 16.9 Å². The van der Waals surface area contributed by atoms with Crippen LogP contribution in [0.25, 0.3) is 11.0 Å². The molecule has 2 rings (SSSR count). The Bertz CT molecular complexity index is 522. The van der Waals surface area contributed by atoms with Crippen LogP contribution in [0.2, 0.25) is 0 Å². The molecule has 8 heteroatoms. The van der Waals surface area contributed by atoms with E-state index in [1.165, 1.54) is 0 Å². The molecule has 3 N–H and O–H groups in total. The third kappa shape index (κ3) is 1.72.